The number of anilines is 2. The van der Waals surface area contributed by atoms with Gasteiger partial charge in [0.1, 0.15) is 0 Å². The number of thiophene rings is 1. The van der Waals surface area contributed by atoms with E-state index in [0.29, 0.717) is 30.1 Å². The number of carbonyl (C=O) groups excluding carboxylic acids is 2. The molecule has 1 fully saturated rings. The highest BCUT2D eigenvalue weighted by Gasteiger charge is 2.20. The molecular formula is C21H27N3O2S. The topological polar surface area (TPSA) is 61.4 Å². The molecule has 2 N–H and O–H groups in total. The number of hydrogen-bond donors (Lipinski definition) is 2. The molecule has 144 valence electrons. The number of carbonyl (C=O) groups is 2. The molecule has 0 radical (unpaired) electrons. The highest BCUT2D eigenvalue weighted by atomic mass is 32.1. The SMILES string of the molecule is CC(C)CNC(=O)c1cc(NC(=O)Cc2cccs2)ccc1N1CCCC1. The van der Waals surface area contributed by atoms with Crippen LogP contribution in [0, 0.1) is 5.92 Å². The fraction of sp³-hybridized carbons (Fsp3) is 0.429. The second-order valence-corrected chi connectivity index (χ2v) is 8.37. The van der Waals surface area contributed by atoms with Crippen molar-refractivity contribution >= 4 is 34.5 Å². The van der Waals surface area contributed by atoms with E-state index in [9.17, 15) is 9.59 Å². The first-order valence-corrected chi connectivity index (χ1v) is 10.4. The molecule has 0 bridgehead atoms. The van der Waals surface area contributed by atoms with Crippen molar-refractivity contribution in [2.45, 2.75) is 33.1 Å². The van der Waals surface area contributed by atoms with E-state index in [-0.39, 0.29) is 11.8 Å². The first-order chi connectivity index (χ1) is 13.0. The maximum atomic E-state index is 12.8. The summed E-state index contributed by atoms with van der Waals surface area (Å²) < 4.78 is 0. The van der Waals surface area contributed by atoms with Crippen molar-refractivity contribution in [2.75, 3.05) is 29.9 Å². The van der Waals surface area contributed by atoms with Gasteiger partial charge in [0.2, 0.25) is 5.91 Å². The summed E-state index contributed by atoms with van der Waals surface area (Å²) in [5, 5.41) is 7.89. The highest BCUT2D eigenvalue weighted by Crippen LogP contribution is 2.28. The van der Waals surface area contributed by atoms with Crippen LogP contribution in [0.5, 0.6) is 0 Å². The lowest BCUT2D eigenvalue weighted by molar-refractivity contribution is -0.115. The van der Waals surface area contributed by atoms with E-state index < -0.39 is 0 Å². The third-order valence-electron chi connectivity index (χ3n) is 4.56. The van der Waals surface area contributed by atoms with Gasteiger partial charge in [-0.25, -0.2) is 0 Å². The molecule has 1 saturated heterocycles. The quantitative estimate of drug-likeness (QED) is 0.759. The molecule has 0 saturated carbocycles. The Bertz CT molecular complexity index is 781. The smallest absolute Gasteiger partial charge is 0.253 e. The number of rotatable bonds is 7. The first kappa shape index (κ1) is 19.4. The molecular weight excluding hydrogens is 358 g/mol. The lowest BCUT2D eigenvalue weighted by atomic mass is 10.1. The molecule has 6 heteroatoms. The van der Waals surface area contributed by atoms with Crippen LogP contribution in [0.2, 0.25) is 0 Å². The Labute approximate surface area is 164 Å². The monoisotopic (exact) mass is 385 g/mol. The van der Waals surface area contributed by atoms with E-state index in [4.69, 9.17) is 0 Å². The molecule has 1 aromatic carbocycles. The van der Waals surface area contributed by atoms with Gasteiger partial charge in [0.25, 0.3) is 5.91 Å². The maximum absolute atomic E-state index is 12.8. The summed E-state index contributed by atoms with van der Waals surface area (Å²) in [6, 6.07) is 9.53. The normalized spacial score (nSPS) is 13.8. The van der Waals surface area contributed by atoms with Crippen LogP contribution in [0.3, 0.4) is 0 Å². The maximum Gasteiger partial charge on any atom is 0.253 e. The van der Waals surface area contributed by atoms with Crippen molar-refractivity contribution in [3.8, 4) is 0 Å². The average Bonchev–Trinajstić information content (AvgIpc) is 3.33. The van der Waals surface area contributed by atoms with Crippen LogP contribution in [-0.4, -0.2) is 31.4 Å². The summed E-state index contributed by atoms with van der Waals surface area (Å²) in [7, 11) is 0. The summed E-state index contributed by atoms with van der Waals surface area (Å²) in [4.78, 5) is 28.3. The van der Waals surface area contributed by atoms with Gasteiger partial charge < -0.3 is 15.5 Å². The lowest BCUT2D eigenvalue weighted by Gasteiger charge is -2.22. The summed E-state index contributed by atoms with van der Waals surface area (Å²) in [5.74, 6) is 0.234. The Kier molecular flexibility index (Phi) is 6.50. The van der Waals surface area contributed by atoms with Crippen LogP contribution >= 0.6 is 11.3 Å². The minimum atomic E-state index is -0.0834. The van der Waals surface area contributed by atoms with E-state index in [1.54, 1.807) is 17.4 Å². The van der Waals surface area contributed by atoms with Crippen LogP contribution < -0.4 is 15.5 Å². The average molecular weight is 386 g/mol. The molecule has 0 spiro atoms. The van der Waals surface area contributed by atoms with E-state index in [1.165, 1.54) is 0 Å². The third-order valence-corrected chi connectivity index (χ3v) is 5.43. The van der Waals surface area contributed by atoms with Gasteiger partial charge in [0, 0.05) is 35.9 Å². The molecule has 0 aliphatic carbocycles. The summed E-state index contributed by atoms with van der Waals surface area (Å²) >= 11 is 1.57. The van der Waals surface area contributed by atoms with Gasteiger partial charge in [0.15, 0.2) is 0 Å². The van der Waals surface area contributed by atoms with Crippen molar-refractivity contribution in [1.29, 1.82) is 0 Å². The fourth-order valence-electron chi connectivity index (χ4n) is 3.20. The van der Waals surface area contributed by atoms with Gasteiger partial charge in [-0.2, -0.15) is 0 Å². The van der Waals surface area contributed by atoms with Crippen LogP contribution in [0.4, 0.5) is 11.4 Å². The van der Waals surface area contributed by atoms with E-state index in [0.717, 1.165) is 36.5 Å². The van der Waals surface area contributed by atoms with Crippen molar-refractivity contribution in [1.82, 2.24) is 5.32 Å². The van der Waals surface area contributed by atoms with Crippen molar-refractivity contribution in [3.63, 3.8) is 0 Å². The van der Waals surface area contributed by atoms with E-state index >= 15 is 0 Å². The van der Waals surface area contributed by atoms with E-state index in [2.05, 4.69) is 29.4 Å². The zero-order chi connectivity index (χ0) is 19.2. The number of nitrogens with one attached hydrogen (secondary N) is 2. The molecule has 0 atom stereocenters. The second kappa shape index (κ2) is 9.04. The number of benzene rings is 1. The number of amides is 2. The molecule has 0 unspecified atom stereocenters. The molecule has 3 rings (SSSR count). The molecule has 27 heavy (non-hydrogen) atoms. The van der Waals surface area contributed by atoms with Gasteiger partial charge in [-0.1, -0.05) is 19.9 Å². The van der Waals surface area contributed by atoms with Crippen molar-refractivity contribution in [3.05, 3.63) is 46.2 Å². The van der Waals surface area contributed by atoms with Gasteiger partial charge >= 0.3 is 0 Å². The van der Waals surface area contributed by atoms with Crippen LogP contribution in [0.1, 0.15) is 41.9 Å². The largest absolute Gasteiger partial charge is 0.371 e. The van der Waals surface area contributed by atoms with Gasteiger partial charge in [-0.3, -0.25) is 9.59 Å². The summed E-state index contributed by atoms with van der Waals surface area (Å²) in [6.07, 6.45) is 2.64. The molecule has 1 aliphatic rings. The minimum Gasteiger partial charge on any atom is -0.371 e. The first-order valence-electron chi connectivity index (χ1n) is 9.52. The van der Waals surface area contributed by atoms with E-state index in [1.807, 2.05) is 29.6 Å². The predicted octanol–water partition coefficient (Wildman–Crippen LogP) is 3.92. The number of nitrogens with zero attached hydrogens (tertiary/aromatic N) is 1. The molecule has 1 aliphatic heterocycles. The van der Waals surface area contributed by atoms with Crippen LogP contribution in [0.15, 0.2) is 35.7 Å². The Morgan fingerprint density at radius 3 is 2.63 bits per heavy atom. The predicted molar refractivity (Wildman–Crippen MR) is 112 cm³/mol. The second-order valence-electron chi connectivity index (χ2n) is 7.33. The molecule has 2 aromatic rings. The minimum absolute atomic E-state index is 0.0695. The zero-order valence-corrected chi connectivity index (χ0v) is 16.8. The molecule has 1 aromatic heterocycles. The fourth-order valence-corrected chi connectivity index (χ4v) is 3.90. The van der Waals surface area contributed by atoms with Gasteiger partial charge in [-0.05, 0) is 48.4 Å². The van der Waals surface area contributed by atoms with Crippen molar-refractivity contribution < 1.29 is 9.59 Å². The summed E-state index contributed by atoms with van der Waals surface area (Å²) in [6.45, 7) is 6.71. The highest BCUT2D eigenvalue weighted by molar-refractivity contribution is 7.10. The Morgan fingerprint density at radius 2 is 1.96 bits per heavy atom. The number of hydrogen-bond acceptors (Lipinski definition) is 4. The molecule has 2 heterocycles. The zero-order valence-electron chi connectivity index (χ0n) is 16.0. The van der Waals surface area contributed by atoms with Gasteiger partial charge in [0.05, 0.1) is 12.0 Å². The Balaban J connectivity index is 1.77. The standard InChI is InChI=1S/C21H27N3O2S/c1-15(2)14-22-21(26)18-12-16(7-8-19(18)24-9-3-4-10-24)23-20(25)13-17-6-5-11-27-17/h5-8,11-12,15H,3-4,9-10,13-14H2,1-2H3,(H,22,26)(H,23,25). The van der Waals surface area contributed by atoms with Crippen LogP contribution in [-0.2, 0) is 11.2 Å². The summed E-state index contributed by atoms with van der Waals surface area (Å²) in [5.41, 5.74) is 2.24. The molecule has 2 amide bonds. The lowest BCUT2D eigenvalue weighted by Crippen LogP contribution is -2.30. The third kappa shape index (κ3) is 5.32. The van der Waals surface area contributed by atoms with Crippen LogP contribution in [0.25, 0.3) is 0 Å². The van der Waals surface area contributed by atoms with Crippen molar-refractivity contribution in [2.24, 2.45) is 5.92 Å². The van der Waals surface area contributed by atoms with Gasteiger partial charge in [-0.15, -0.1) is 11.3 Å². The Hall–Kier alpha value is -2.34. The molecule has 5 nitrogen and oxygen atoms in total. The Morgan fingerprint density at radius 1 is 1.19 bits per heavy atom.